The quantitative estimate of drug-likeness (QED) is 0.586. The number of carbonyl (C=O) groups excluding carboxylic acids is 1. The van der Waals surface area contributed by atoms with Crippen molar-refractivity contribution in [3.8, 4) is 11.1 Å². The molecular formula is C26H27NO3. The van der Waals surface area contributed by atoms with Gasteiger partial charge in [-0.05, 0) is 40.7 Å². The first-order valence-electron chi connectivity index (χ1n) is 10.5. The van der Waals surface area contributed by atoms with Gasteiger partial charge in [0.05, 0.1) is 0 Å². The SMILES string of the molecule is O=C(OCC1c2ccccc2-c2ccccc21)N(CCCO)CCc1ccccc1. The zero-order chi connectivity index (χ0) is 20.8. The van der Waals surface area contributed by atoms with Crippen LogP contribution < -0.4 is 0 Å². The van der Waals surface area contributed by atoms with E-state index in [0.29, 0.717) is 26.1 Å². The fraction of sp³-hybridized carbons (Fsp3) is 0.269. The van der Waals surface area contributed by atoms with Crippen LogP contribution in [0.25, 0.3) is 11.1 Å². The molecule has 0 heterocycles. The number of nitrogens with zero attached hydrogens (tertiary/aromatic N) is 1. The summed E-state index contributed by atoms with van der Waals surface area (Å²) < 4.78 is 5.79. The van der Waals surface area contributed by atoms with Gasteiger partial charge >= 0.3 is 6.09 Å². The largest absolute Gasteiger partial charge is 0.448 e. The highest BCUT2D eigenvalue weighted by atomic mass is 16.6. The number of benzene rings is 3. The van der Waals surface area contributed by atoms with E-state index in [0.717, 1.165) is 6.42 Å². The van der Waals surface area contributed by atoms with Crippen LogP contribution in [0.3, 0.4) is 0 Å². The molecule has 3 aromatic carbocycles. The van der Waals surface area contributed by atoms with Crippen LogP contribution in [-0.4, -0.2) is 42.4 Å². The second-order valence-corrected chi connectivity index (χ2v) is 7.60. The Morgan fingerprint density at radius 2 is 1.43 bits per heavy atom. The maximum atomic E-state index is 12.9. The summed E-state index contributed by atoms with van der Waals surface area (Å²) in [7, 11) is 0. The first kappa shape index (κ1) is 20.2. The average molecular weight is 402 g/mol. The predicted molar refractivity (Wildman–Crippen MR) is 118 cm³/mol. The lowest BCUT2D eigenvalue weighted by Crippen LogP contribution is -2.35. The number of hydrogen-bond acceptors (Lipinski definition) is 3. The maximum absolute atomic E-state index is 12.9. The van der Waals surface area contributed by atoms with Gasteiger partial charge in [0.1, 0.15) is 6.61 Å². The molecule has 1 N–H and O–H groups in total. The van der Waals surface area contributed by atoms with Gasteiger partial charge in [-0.2, -0.15) is 0 Å². The molecule has 0 radical (unpaired) electrons. The minimum atomic E-state index is -0.318. The molecule has 1 aliphatic carbocycles. The lowest BCUT2D eigenvalue weighted by Gasteiger charge is -2.23. The molecule has 154 valence electrons. The number of aliphatic hydroxyl groups is 1. The molecule has 4 nitrogen and oxygen atoms in total. The van der Waals surface area contributed by atoms with E-state index in [1.54, 1.807) is 4.90 Å². The number of amides is 1. The maximum Gasteiger partial charge on any atom is 0.409 e. The molecule has 0 unspecified atom stereocenters. The van der Waals surface area contributed by atoms with E-state index in [4.69, 9.17) is 4.74 Å². The van der Waals surface area contributed by atoms with Gasteiger partial charge in [-0.15, -0.1) is 0 Å². The molecule has 0 bridgehead atoms. The Hall–Kier alpha value is -3.11. The van der Waals surface area contributed by atoms with Gasteiger partial charge in [-0.1, -0.05) is 78.9 Å². The van der Waals surface area contributed by atoms with Crippen molar-refractivity contribution in [3.05, 3.63) is 95.6 Å². The monoisotopic (exact) mass is 401 g/mol. The molecule has 1 aliphatic rings. The number of hydrogen-bond donors (Lipinski definition) is 1. The van der Waals surface area contributed by atoms with Crippen molar-refractivity contribution >= 4 is 6.09 Å². The smallest absolute Gasteiger partial charge is 0.409 e. The molecule has 0 saturated heterocycles. The molecule has 4 heteroatoms. The number of aliphatic hydroxyl groups excluding tert-OH is 1. The summed E-state index contributed by atoms with van der Waals surface area (Å²) in [4.78, 5) is 14.6. The highest BCUT2D eigenvalue weighted by molar-refractivity contribution is 5.79. The molecule has 4 rings (SSSR count). The van der Waals surface area contributed by atoms with Crippen molar-refractivity contribution < 1.29 is 14.6 Å². The summed E-state index contributed by atoms with van der Waals surface area (Å²) in [6.45, 7) is 1.42. The Bertz CT molecular complexity index is 941. The van der Waals surface area contributed by atoms with Gasteiger partial charge in [-0.3, -0.25) is 0 Å². The minimum Gasteiger partial charge on any atom is -0.448 e. The van der Waals surface area contributed by atoms with Gasteiger partial charge in [0.2, 0.25) is 0 Å². The third-order valence-electron chi connectivity index (χ3n) is 5.69. The zero-order valence-corrected chi connectivity index (χ0v) is 17.0. The van der Waals surface area contributed by atoms with Gasteiger partial charge in [0, 0.05) is 25.6 Å². The van der Waals surface area contributed by atoms with Crippen LogP contribution in [0.4, 0.5) is 4.79 Å². The molecular weight excluding hydrogens is 374 g/mol. The van der Waals surface area contributed by atoms with E-state index in [2.05, 4.69) is 36.4 Å². The summed E-state index contributed by atoms with van der Waals surface area (Å²) in [6.07, 6.45) is 0.983. The third-order valence-corrected chi connectivity index (χ3v) is 5.69. The van der Waals surface area contributed by atoms with Gasteiger partial charge in [0.25, 0.3) is 0 Å². The summed E-state index contributed by atoms with van der Waals surface area (Å²) in [5, 5.41) is 9.22. The summed E-state index contributed by atoms with van der Waals surface area (Å²) in [5.74, 6) is 0.0511. The van der Waals surface area contributed by atoms with Crippen LogP contribution in [0.1, 0.15) is 29.0 Å². The third kappa shape index (κ3) is 4.39. The Morgan fingerprint density at radius 1 is 0.833 bits per heavy atom. The average Bonchev–Trinajstić information content (AvgIpc) is 3.12. The van der Waals surface area contributed by atoms with Crippen molar-refractivity contribution in [2.24, 2.45) is 0 Å². The lowest BCUT2D eigenvalue weighted by molar-refractivity contribution is 0.0974. The van der Waals surface area contributed by atoms with E-state index in [9.17, 15) is 9.90 Å². The molecule has 0 saturated carbocycles. The molecule has 30 heavy (non-hydrogen) atoms. The van der Waals surface area contributed by atoms with E-state index >= 15 is 0 Å². The molecule has 3 aromatic rings. The van der Waals surface area contributed by atoms with E-state index in [-0.39, 0.29) is 18.6 Å². The second kappa shape index (κ2) is 9.59. The van der Waals surface area contributed by atoms with E-state index in [1.807, 2.05) is 42.5 Å². The Morgan fingerprint density at radius 3 is 2.07 bits per heavy atom. The fourth-order valence-electron chi connectivity index (χ4n) is 4.15. The van der Waals surface area contributed by atoms with Crippen molar-refractivity contribution in [3.63, 3.8) is 0 Å². The van der Waals surface area contributed by atoms with Gasteiger partial charge < -0.3 is 14.7 Å². The standard InChI is InChI=1S/C26H27NO3/c28-18-8-16-27(17-15-20-9-2-1-3-10-20)26(29)30-19-25-23-13-6-4-11-21(23)22-12-5-7-14-24(22)25/h1-7,9-14,25,28H,8,15-19H2. The van der Waals surface area contributed by atoms with Crippen LogP contribution in [-0.2, 0) is 11.2 Å². The molecule has 0 aromatic heterocycles. The molecule has 1 amide bonds. The van der Waals surface area contributed by atoms with Crippen molar-refractivity contribution in [1.29, 1.82) is 0 Å². The number of ether oxygens (including phenoxy) is 1. The van der Waals surface area contributed by atoms with Gasteiger partial charge in [0.15, 0.2) is 0 Å². The van der Waals surface area contributed by atoms with Crippen LogP contribution in [0.2, 0.25) is 0 Å². The predicted octanol–water partition coefficient (Wildman–Crippen LogP) is 4.86. The van der Waals surface area contributed by atoms with E-state index in [1.165, 1.54) is 27.8 Å². The minimum absolute atomic E-state index is 0.0511. The molecule has 0 aliphatic heterocycles. The van der Waals surface area contributed by atoms with Crippen molar-refractivity contribution in [2.45, 2.75) is 18.8 Å². The van der Waals surface area contributed by atoms with Crippen molar-refractivity contribution in [2.75, 3.05) is 26.3 Å². The Kier molecular flexibility index (Phi) is 6.45. The highest BCUT2D eigenvalue weighted by Gasteiger charge is 2.29. The fourth-order valence-corrected chi connectivity index (χ4v) is 4.15. The van der Waals surface area contributed by atoms with Crippen LogP contribution in [0.15, 0.2) is 78.9 Å². The molecule has 0 fully saturated rings. The number of rotatable bonds is 8. The Balaban J connectivity index is 1.44. The van der Waals surface area contributed by atoms with Gasteiger partial charge in [-0.25, -0.2) is 4.79 Å². The summed E-state index contributed by atoms with van der Waals surface area (Å²) >= 11 is 0. The first-order chi connectivity index (χ1) is 14.8. The lowest BCUT2D eigenvalue weighted by atomic mass is 9.98. The van der Waals surface area contributed by atoms with Crippen LogP contribution in [0, 0.1) is 0 Å². The Labute approximate surface area is 177 Å². The topological polar surface area (TPSA) is 49.8 Å². The van der Waals surface area contributed by atoms with E-state index < -0.39 is 0 Å². The van der Waals surface area contributed by atoms with Crippen molar-refractivity contribution in [1.82, 2.24) is 4.90 Å². The second-order valence-electron chi connectivity index (χ2n) is 7.60. The van der Waals surface area contributed by atoms with Crippen LogP contribution >= 0.6 is 0 Å². The summed E-state index contributed by atoms with van der Waals surface area (Å²) in [6, 6.07) is 26.8. The normalized spacial score (nSPS) is 12.3. The zero-order valence-electron chi connectivity index (χ0n) is 17.0. The van der Waals surface area contributed by atoms with Crippen LogP contribution in [0.5, 0.6) is 0 Å². The molecule has 0 atom stereocenters. The summed E-state index contributed by atoms with van der Waals surface area (Å²) in [5.41, 5.74) is 6.03. The number of fused-ring (bicyclic) bond motifs is 3. The first-order valence-corrected chi connectivity index (χ1v) is 10.5. The number of carbonyl (C=O) groups is 1. The molecule has 0 spiro atoms. The highest BCUT2D eigenvalue weighted by Crippen LogP contribution is 2.44.